The summed E-state index contributed by atoms with van der Waals surface area (Å²) in [5.41, 5.74) is 3.59. The van der Waals surface area contributed by atoms with Crippen LogP contribution in [-0.4, -0.2) is 24.7 Å². The van der Waals surface area contributed by atoms with E-state index in [1.54, 1.807) is 16.4 Å². The maximum atomic E-state index is 12.4. The molecule has 6 nitrogen and oxygen atoms in total. The van der Waals surface area contributed by atoms with Crippen molar-refractivity contribution in [3.8, 4) is 22.1 Å². The maximum absolute atomic E-state index is 12.4. The molecular weight excluding hydrogens is 286 g/mol. The van der Waals surface area contributed by atoms with Crippen LogP contribution in [0.1, 0.15) is 25.3 Å². The lowest BCUT2D eigenvalue weighted by atomic mass is 10.0. The molecule has 0 saturated heterocycles. The number of aryl methyl sites for hydroxylation is 1. The molecule has 3 heterocycles. The van der Waals surface area contributed by atoms with E-state index in [1.807, 2.05) is 33.2 Å². The number of H-pyrrole nitrogens is 1. The van der Waals surface area contributed by atoms with Crippen molar-refractivity contribution in [1.29, 1.82) is 0 Å². The minimum absolute atomic E-state index is 0.0637. The molecule has 0 aliphatic rings. The van der Waals surface area contributed by atoms with Gasteiger partial charge in [-0.25, -0.2) is 4.98 Å². The molecule has 0 bridgehead atoms. The van der Waals surface area contributed by atoms with Crippen LogP contribution in [0.4, 0.5) is 0 Å². The molecule has 3 aromatic heterocycles. The molecule has 0 atom stereocenters. The quantitative estimate of drug-likeness (QED) is 0.806. The summed E-state index contributed by atoms with van der Waals surface area (Å²) in [6.45, 7) is 3.95. The van der Waals surface area contributed by atoms with Gasteiger partial charge in [0.2, 0.25) is 0 Å². The number of thiazole rings is 1. The van der Waals surface area contributed by atoms with Crippen molar-refractivity contribution in [2.75, 3.05) is 0 Å². The summed E-state index contributed by atoms with van der Waals surface area (Å²) in [5, 5.41) is 4.38. The zero-order valence-electron chi connectivity index (χ0n) is 12.0. The van der Waals surface area contributed by atoms with Crippen LogP contribution >= 0.6 is 11.3 Å². The Morgan fingerprint density at radius 1 is 1.38 bits per heavy atom. The van der Waals surface area contributed by atoms with Gasteiger partial charge in [-0.3, -0.25) is 14.5 Å². The molecular formula is C14H15N5OS. The van der Waals surface area contributed by atoms with Crippen molar-refractivity contribution in [2.24, 2.45) is 7.05 Å². The van der Waals surface area contributed by atoms with E-state index in [4.69, 9.17) is 0 Å². The van der Waals surface area contributed by atoms with Gasteiger partial charge < -0.3 is 4.98 Å². The lowest BCUT2D eigenvalue weighted by molar-refractivity contribution is 0.766. The number of nitrogens with zero attached hydrogens (tertiary/aromatic N) is 4. The van der Waals surface area contributed by atoms with Gasteiger partial charge in [0.1, 0.15) is 11.4 Å². The number of aromatic nitrogens is 5. The lowest BCUT2D eigenvalue weighted by Crippen LogP contribution is -2.18. The Morgan fingerprint density at radius 2 is 2.19 bits per heavy atom. The van der Waals surface area contributed by atoms with Crippen LogP contribution in [0.15, 0.2) is 28.8 Å². The fourth-order valence-corrected chi connectivity index (χ4v) is 2.77. The maximum Gasteiger partial charge on any atom is 0.255 e. The van der Waals surface area contributed by atoms with Crippen LogP contribution in [0, 0.1) is 0 Å². The van der Waals surface area contributed by atoms with Crippen molar-refractivity contribution in [1.82, 2.24) is 24.7 Å². The van der Waals surface area contributed by atoms with Crippen LogP contribution in [0.25, 0.3) is 22.1 Å². The standard InChI is InChI=1S/C14H15N5OS/c1-8(2)11-12(9-4-5-19(3)18-9)16-13(17-14(11)20)10-6-15-7-21-10/h4-8H,1-3H3,(H,16,17,20). The first-order valence-electron chi connectivity index (χ1n) is 6.59. The molecule has 0 unspecified atom stereocenters. The first kappa shape index (κ1) is 13.7. The van der Waals surface area contributed by atoms with E-state index < -0.39 is 0 Å². The Labute approximate surface area is 125 Å². The smallest absolute Gasteiger partial charge is 0.255 e. The molecule has 108 valence electrons. The van der Waals surface area contributed by atoms with Crippen molar-refractivity contribution >= 4 is 11.3 Å². The van der Waals surface area contributed by atoms with Crippen LogP contribution in [0.2, 0.25) is 0 Å². The van der Waals surface area contributed by atoms with E-state index in [9.17, 15) is 4.79 Å². The molecule has 0 aromatic carbocycles. The van der Waals surface area contributed by atoms with Gasteiger partial charge in [0.25, 0.3) is 5.56 Å². The summed E-state index contributed by atoms with van der Waals surface area (Å²) >= 11 is 1.44. The van der Waals surface area contributed by atoms with Gasteiger partial charge in [-0.1, -0.05) is 13.8 Å². The van der Waals surface area contributed by atoms with Crippen molar-refractivity contribution in [2.45, 2.75) is 19.8 Å². The molecule has 3 rings (SSSR count). The highest BCUT2D eigenvalue weighted by atomic mass is 32.1. The summed E-state index contributed by atoms with van der Waals surface area (Å²) in [7, 11) is 1.84. The number of hydrogen-bond donors (Lipinski definition) is 1. The summed E-state index contributed by atoms with van der Waals surface area (Å²) in [6, 6.07) is 1.87. The molecule has 3 aromatic rings. The molecule has 21 heavy (non-hydrogen) atoms. The van der Waals surface area contributed by atoms with Gasteiger partial charge in [0, 0.05) is 25.0 Å². The molecule has 1 N–H and O–H groups in total. The van der Waals surface area contributed by atoms with Gasteiger partial charge in [-0.15, -0.1) is 11.3 Å². The van der Waals surface area contributed by atoms with E-state index in [0.717, 1.165) is 4.88 Å². The fraction of sp³-hybridized carbons (Fsp3) is 0.286. The minimum Gasteiger partial charge on any atom is -0.306 e. The lowest BCUT2D eigenvalue weighted by Gasteiger charge is -2.10. The molecule has 0 saturated carbocycles. The van der Waals surface area contributed by atoms with Crippen molar-refractivity contribution < 1.29 is 0 Å². The second kappa shape index (κ2) is 5.25. The monoisotopic (exact) mass is 301 g/mol. The Bertz CT molecular complexity index is 816. The SMILES string of the molecule is CC(C)c1c(-c2ccn(C)n2)nc(-c2cncs2)[nH]c1=O. The topological polar surface area (TPSA) is 76.5 Å². The van der Waals surface area contributed by atoms with E-state index in [1.165, 1.54) is 11.3 Å². The highest BCUT2D eigenvalue weighted by Crippen LogP contribution is 2.26. The van der Waals surface area contributed by atoms with Crippen LogP contribution < -0.4 is 5.56 Å². The summed E-state index contributed by atoms with van der Waals surface area (Å²) < 4.78 is 1.70. The second-order valence-electron chi connectivity index (χ2n) is 5.07. The molecule has 7 heteroatoms. The summed E-state index contributed by atoms with van der Waals surface area (Å²) in [6.07, 6.45) is 3.54. The molecule has 0 aliphatic carbocycles. The molecule has 0 fully saturated rings. The zero-order valence-corrected chi connectivity index (χ0v) is 12.8. The highest BCUT2D eigenvalue weighted by molar-refractivity contribution is 7.13. The first-order valence-corrected chi connectivity index (χ1v) is 7.47. The second-order valence-corrected chi connectivity index (χ2v) is 5.96. The molecule has 0 spiro atoms. The number of hydrogen-bond acceptors (Lipinski definition) is 5. The van der Waals surface area contributed by atoms with Gasteiger partial charge in [-0.05, 0) is 12.0 Å². The largest absolute Gasteiger partial charge is 0.306 e. The Morgan fingerprint density at radius 3 is 2.76 bits per heavy atom. The predicted octanol–water partition coefficient (Wildman–Crippen LogP) is 2.42. The summed E-state index contributed by atoms with van der Waals surface area (Å²) in [4.78, 5) is 24.8. The average molecular weight is 301 g/mol. The van der Waals surface area contributed by atoms with Gasteiger partial charge in [0.05, 0.1) is 10.4 Å². The third-order valence-corrected chi connectivity index (χ3v) is 3.93. The Balaban J connectivity index is 2.26. The van der Waals surface area contributed by atoms with Gasteiger partial charge in [-0.2, -0.15) is 5.10 Å². The van der Waals surface area contributed by atoms with E-state index >= 15 is 0 Å². The first-order chi connectivity index (χ1) is 10.1. The predicted molar refractivity (Wildman–Crippen MR) is 82.3 cm³/mol. The minimum atomic E-state index is -0.121. The van der Waals surface area contributed by atoms with Crippen LogP contribution in [0.5, 0.6) is 0 Å². The van der Waals surface area contributed by atoms with E-state index in [2.05, 4.69) is 20.1 Å². The fourth-order valence-electron chi connectivity index (χ4n) is 2.20. The normalized spacial score (nSPS) is 11.2. The van der Waals surface area contributed by atoms with Crippen molar-refractivity contribution in [3.63, 3.8) is 0 Å². The molecule has 0 amide bonds. The van der Waals surface area contributed by atoms with Gasteiger partial charge in [0.15, 0.2) is 5.82 Å². The zero-order chi connectivity index (χ0) is 15.0. The van der Waals surface area contributed by atoms with E-state index in [-0.39, 0.29) is 11.5 Å². The number of aromatic amines is 1. The Kier molecular flexibility index (Phi) is 3.42. The molecule has 0 radical (unpaired) electrons. The van der Waals surface area contributed by atoms with Gasteiger partial charge >= 0.3 is 0 Å². The average Bonchev–Trinajstić information content (AvgIpc) is 3.08. The van der Waals surface area contributed by atoms with Crippen molar-refractivity contribution in [3.05, 3.63) is 39.9 Å². The number of nitrogens with one attached hydrogen (secondary N) is 1. The van der Waals surface area contributed by atoms with Crippen LogP contribution in [-0.2, 0) is 7.05 Å². The molecule has 0 aliphatic heterocycles. The third kappa shape index (κ3) is 2.52. The third-order valence-electron chi connectivity index (χ3n) is 3.15. The summed E-state index contributed by atoms with van der Waals surface area (Å²) in [5.74, 6) is 0.598. The van der Waals surface area contributed by atoms with E-state index in [0.29, 0.717) is 22.8 Å². The number of rotatable bonds is 3. The van der Waals surface area contributed by atoms with Crippen LogP contribution in [0.3, 0.4) is 0 Å². The highest BCUT2D eigenvalue weighted by Gasteiger charge is 2.19. The Hall–Kier alpha value is -2.28.